The van der Waals surface area contributed by atoms with Crippen molar-refractivity contribution in [2.24, 2.45) is 0 Å². The van der Waals surface area contributed by atoms with E-state index in [1.807, 2.05) is 0 Å². The van der Waals surface area contributed by atoms with Gasteiger partial charge in [0.15, 0.2) is 5.65 Å². The van der Waals surface area contributed by atoms with Gasteiger partial charge in [0.2, 0.25) is 5.91 Å². The molecule has 26 heavy (non-hydrogen) atoms. The van der Waals surface area contributed by atoms with E-state index in [0.717, 1.165) is 9.15 Å². The van der Waals surface area contributed by atoms with Crippen LogP contribution in [-0.4, -0.2) is 25.1 Å². The van der Waals surface area contributed by atoms with Gasteiger partial charge in [0.25, 0.3) is 0 Å². The fourth-order valence-corrected chi connectivity index (χ4v) is 2.86. The first kappa shape index (κ1) is 16.4. The fourth-order valence-electron chi connectivity index (χ4n) is 2.60. The molecule has 0 spiro atoms. The van der Waals surface area contributed by atoms with Crippen molar-refractivity contribution in [2.75, 3.05) is 5.32 Å². The van der Waals surface area contributed by atoms with Crippen LogP contribution in [0.2, 0.25) is 0 Å². The Morgan fingerprint density at radius 3 is 2.73 bits per heavy atom. The van der Waals surface area contributed by atoms with E-state index in [0.29, 0.717) is 16.6 Å². The number of nitrogens with zero attached hydrogens (tertiary/aromatic N) is 4. The number of halogens is 2. The van der Waals surface area contributed by atoms with Crippen LogP contribution in [0, 0.1) is 5.82 Å². The summed E-state index contributed by atoms with van der Waals surface area (Å²) in [7, 11) is 0. The summed E-state index contributed by atoms with van der Waals surface area (Å²) in [6, 6.07) is 11.1. The maximum absolute atomic E-state index is 13.5. The lowest BCUT2D eigenvalue weighted by Crippen LogP contribution is -2.28. The van der Waals surface area contributed by atoms with Crippen LogP contribution in [0.3, 0.4) is 0 Å². The molecule has 9 heteroatoms. The second-order valence-electron chi connectivity index (χ2n) is 5.59. The monoisotopic (exact) mass is 415 g/mol. The summed E-state index contributed by atoms with van der Waals surface area (Å²) in [6.07, 6.45) is 1.31. The quantitative estimate of drug-likeness (QED) is 0.557. The minimum absolute atomic E-state index is 0.246. The standard InChI is InChI=1S/C17H11BrFN5O2/c18-10-1-4-12(5-2-10)21-15(25)8-24-17(26)23-9-20-14-6-3-11(19)7-13(14)16(23)22-24/h1-7,9H,8H2,(H,21,25). The highest BCUT2D eigenvalue weighted by molar-refractivity contribution is 9.10. The van der Waals surface area contributed by atoms with Crippen LogP contribution in [-0.2, 0) is 11.3 Å². The molecule has 0 bridgehead atoms. The second-order valence-corrected chi connectivity index (χ2v) is 6.51. The van der Waals surface area contributed by atoms with Gasteiger partial charge in [-0.05, 0) is 42.5 Å². The first-order valence-electron chi connectivity index (χ1n) is 7.60. The van der Waals surface area contributed by atoms with Gasteiger partial charge in [0.1, 0.15) is 18.7 Å². The maximum atomic E-state index is 13.5. The van der Waals surface area contributed by atoms with E-state index in [1.54, 1.807) is 24.3 Å². The number of hydrogen-bond donors (Lipinski definition) is 1. The molecule has 1 N–H and O–H groups in total. The van der Waals surface area contributed by atoms with Crippen molar-refractivity contribution in [3.8, 4) is 0 Å². The zero-order chi connectivity index (χ0) is 18.3. The SMILES string of the molecule is O=C(Cn1nc2c3cc(F)ccc3ncn2c1=O)Nc1ccc(Br)cc1. The topological polar surface area (TPSA) is 81.3 Å². The zero-order valence-electron chi connectivity index (χ0n) is 13.2. The molecule has 2 aromatic heterocycles. The third-order valence-electron chi connectivity index (χ3n) is 3.80. The van der Waals surface area contributed by atoms with Gasteiger partial charge in [-0.15, -0.1) is 5.10 Å². The Morgan fingerprint density at radius 1 is 1.19 bits per heavy atom. The lowest BCUT2D eigenvalue weighted by atomic mass is 10.2. The van der Waals surface area contributed by atoms with Gasteiger partial charge < -0.3 is 5.32 Å². The number of anilines is 1. The van der Waals surface area contributed by atoms with Gasteiger partial charge in [0.05, 0.1) is 5.52 Å². The highest BCUT2D eigenvalue weighted by atomic mass is 79.9. The molecule has 2 aromatic carbocycles. The van der Waals surface area contributed by atoms with Crippen LogP contribution in [0.25, 0.3) is 16.6 Å². The third-order valence-corrected chi connectivity index (χ3v) is 4.33. The average Bonchev–Trinajstić information content (AvgIpc) is 2.93. The van der Waals surface area contributed by atoms with Crippen LogP contribution in [0.1, 0.15) is 0 Å². The Hall–Kier alpha value is -3.07. The molecule has 0 aliphatic rings. The van der Waals surface area contributed by atoms with Crippen molar-refractivity contribution >= 4 is 44.1 Å². The molecule has 1 amide bonds. The van der Waals surface area contributed by atoms with Crippen molar-refractivity contribution < 1.29 is 9.18 Å². The van der Waals surface area contributed by atoms with E-state index in [9.17, 15) is 14.0 Å². The first-order chi connectivity index (χ1) is 12.5. The van der Waals surface area contributed by atoms with Gasteiger partial charge in [-0.2, -0.15) is 0 Å². The minimum atomic E-state index is -0.524. The normalized spacial score (nSPS) is 11.2. The summed E-state index contributed by atoms with van der Waals surface area (Å²) in [5.74, 6) is -0.858. The van der Waals surface area contributed by atoms with Crippen LogP contribution in [0.5, 0.6) is 0 Å². The van der Waals surface area contributed by atoms with Crippen molar-refractivity contribution in [1.82, 2.24) is 19.2 Å². The summed E-state index contributed by atoms with van der Waals surface area (Å²) in [5.41, 5.74) is 0.833. The molecule has 0 saturated carbocycles. The van der Waals surface area contributed by atoms with Gasteiger partial charge in [0, 0.05) is 15.5 Å². The lowest BCUT2D eigenvalue weighted by Gasteiger charge is -2.04. The van der Waals surface area contributed by atoms with Crippen LogP contribution < -0.4 is 11.0 Å². The second kappa shape index (κ2) is 6.34. The van der Waals surface area contributed by atoms with E-state index < -0.39 is 17.4 Å². The number of fused-ring (bicyclic) bond motifs is 3. The summed E-state index contributed by atoms with van der Waals surface area (Å²) < 4.78 is 16.6. The van der Waals surface area contributed by atoms with Crippen LogP contribution >= 0.6 is 15.9 Å². The van der Waals surface area contributed by atoms with Crippen molar-refractivity contribution in [3.05, 3.63) is 69.6 Å². The van der Waals surface area contributed by atoms with Crippen molar-refractivity contribution in [1.29, 1.82) is 0 Å². The van der Waals surface area contributed by atoms with Crippen molar-refractivity contribution in [3.63, 3.8) is 0 Å². The number of carbonyl (C=O) groups excluding carboxylic acids is 1. The Balaban J connectivity index is 1.68. The minimum Gasteiger partial charge on any atom is -0.324 e. The predicted octanol–water partition coefficient (Wildman–Crippen LogP) is 2.58. The number of amides is 1. The Bertz CT molecular complexity index is 1200. The Morgan fingerprint density at radius 2 is 1.96 bits per heavy atom. The number of rotatable bonds is 3. The molecule has 0 unspecified atom stereocenters. The molecular formula is C17H11BrFN5O2. The molecule has 0 fully saturated rings. The number of carbonyl (C=O) groups is 1. The highest BCUT2D eigenvalue weighted by Gasteiger charge is 2.14. The maximum Gasteiger partial charge on any atom is 0.352 e. The molecule has 0 radical (unpaired) electrons. The predicted molar refractivity (Wildman–Crippen MR) is 97.5 cm³/mol. The molecule has 7 nitrogen and oxygen atoms in total. The Kier molecular flexibility index (Phi) is 4.00. The fraction of sp³-hybridized carbons (Fsp3) is 0.0588. The summed E-state index contributed by atoms with van der Waals surface area (Å²) in [6.45, 7) is -0.270. The molecule has 4 aromatic rings. The molecule has 130 valence electrons. The lowest BCUT2D eigenvalue weighted by molar-refractivity contribution is -0.117. The number of aromatic nitrogens is 4. The summed E-state index contributed by atoms with van der Waals surface area (Å²) >= 11 is 3.32. The molecule has 2 heterocycles. The number of benzene rings is 2. The smallest absolute Gasteiger partial charge is 0.324 e. The molecular weight excluding hydrogens is 405 g/mol. The average molecular weight is 416 g/mol. The summed E-state index contributed by atoms with van der Waals surface area (Å²) in [4.78, 5) is 28.8. The molecule has 0 aliphatic heterocycles. The number of hydrogen-bond acceptors (Lipinski definition) is 4. The Labute approximate surface area is 154 Å². The summed E-state index contributed by atoms with van der Waals surface area (Å²) in [5, 5.41) is 7.26. The molecule has 4 rings (SSSR count). The van der Waals surface area contributed by atoms with Gasteiger partial charge in [-0.3, -0.25) is 4.79 Å². The van der Waals surface area contributed by atoms with Gasteiger partial charge >= 0.3 is 5.69 Å². The molecule has 0 saturated heterocycles. The van der Waals surface area contributed by atoms with Crippen LogP contribution in [0.4, 0.5) is 10.1 Å². The van der Waals surface area contributed by atoms with Gasteiger partial charge in [-0.1, -0.05) is 15.9 Å². The van der Waals surface area contributed by atoms with E-state index in [-0.39, 0.29) is 12.2 Å². The van der Waals surface area contributed by atoms with E-state index >= 15 is 0 Å². The zero-order valence-corrected chi connectivity index (χ0v) is 14.8. The third kappa shape index (κ3) is 2.97. The van der Waals surface area contributed by atoms with E-state index in [1.165, 1.54) is 28.9 Å². The van der Waals surface area contributed by atoms with Crippen molar-refractivity contribution in [2.45, 2.75) is 6.54 Å². The van der Waals surface area contributed by atoms with E-state index in [2.05, 4.69) is 31.3 Å². The van der Waals surface area contributed by atoms with Crippen LogP contribution in [0.15, 0.2) is 58.1 Å². The highest BCUT2D eigenvalue weighted by Crippen LogP contribution is 2.17. The molecule has 0 aliphatic carbocycles. The van der Waals surface area contributed by atoms with Gasteiger partial charge in [-0.25, -0.2) is 23.3 Å². The molecule has 0 atom stereocenters. The van der Waals surface area contributed by atoms with E-state index in [4.69, 9.17) is 0 Å². The number of nitrogens with one attached hydrogen (secondary N) is 1. The largest absolute Gasteiger partial charge is 0.352 e. The first-order valence-corrected chi connectivity index (χ1v) is 8.39.